The number of rotatable bonds is 5. The molecule has 2 unspecified atom stereocenters. The van der Waals surface area contributed by atoms with Crippen LogP contribution in [0.5, 0.6) is 0 Å². The molecule has 0 bridgehead atoms. The van der Waals surface area contributed by atoms with Gasteiger partial charge in [-0.05, 0) is 50.1 Å². The number of nitrogens with one attached hydrogen (secondary N) is 1. The third kappa shape index (κ3) is 3.30. The minimum absolute atomic E-state index is 0.613. The van der Waals surface area contributed by atoms with Crippen molar-refractivity contribution in [2.75, 3.05) is 20.3 Å². The van der Waals surface area contributed by atoms with Crippen LogP contribution in [-0.2, 0) is 11.2 Å². The normalized spacial score (nSPS) is 23.2. The van der Waals surface area contributed by atoms with Gasteiger partial charge in [-0.25, -0.2) is 0 Å². The fourth-order valence-electron chi connectivity index (χ4n) is 2.45. The molecule has 1 aliphatic heterocycles. The first kappa shape index (κ1) is 12.1. The quantitative estimate of drug-likeness (QED) is 0.853. The molecular weight excluding hydrogens is 218 g/mol. The van der Waals surface area contributed by atoms with E-state index < -0.39 is 0 Å². The van der Waals surface area contributed by atoms with Gasteiger partial charge in [0.15, 0.2) is 0 Å². The molecule has 3 heteroatoms. The second-order valence-electron chi connectivity index (χ2n) is 4.49. The first-order chi connectivity index (χ1) is 7.90. The Morgan fingerprint density at radius 1 is 1.62 bits per heavy atom. The SMILES string of the molecule is CNC(CCc1cccs1)C1CCCOC1. The zero-order valence-electron chi connectivity index (χ0n) is 9.95. The van der Waals surface area contributed by atoms with Crippen LogP contribution in [0, 0.1) is 5.92 Å². The molecule has 2 nitrogen and oxygen atoms in total. The van der Waals surface area contributed by atoms with Gasteiger partial charge in [0.2, 0.25) is 0 Å². The van der Waals surface area contributed by atoms with E-state index in [9.17, 15) is 0 Å². The second kappa shape index (κ2) is 6.38. The number of thiophene rings is 1. The predicted octanol–water partition coefficient (Wildman–Crippen LogP) is 2.70. The largest absolute Gasteiger partial charge is 0.381 e. The average molecular weight is 239 g/mol. The van der Waals surface area contributed by atoms with Gasteiger partial charge in [-0.3, -0.25) is 0 Å². The third-order valence-corrected chi connectivity index (χ3v) is 4.35. The molecule has 2 rings (SSSR count). The summed E-state index contributed by atoms with van der Waals surface area (Å²) in [5, 5.41) is 5.62. The molecule has 0 aliphatic carbocycles. The van der Waals surface area contributed by atoms with E-state index in [2.05, 4.69) is 29.9 Å². The molecule has 1 fully saturated rings. The van der Waals surface area contributed by atoms with Gasteiger partial charge in [0.05, 0.1) is 6.61 Å². The molecule has 0 spiro atoms. The highest BCUT2D eigenvalue weighted by molar-refractivity contribution is 7.09. The Labute approximate surface area is 102 Å². The summed E-state index contributed by atoms with van der Waals surface area (Å²) in [6, 6.07) is 4.98. The van der Waals surface area contributed by atoms with E-state index in [1.54, 1.807) is 0 Å². The van der Waals surface area contributed by atoms with Crippen molar-refractivity contribution in [3.8, 4) is 0 Å². The van der Waals surface area contributed by atoms with Crippen molar-refractivity contribution in [1.82, 2.24) is 5.32 Å². The van der Waals surface area contributed by atoms with Gasteiger partial charge in [-0.15, -0.1) is 11.3 Å². The lowest BCUT2D eigenvalue weighted by atomic mass is 9.90. The number of hydrogen-bond donors (Lipinski definition) is 1. The first-order valence-electron chi connectivity index (χ1n) is 6.17. The Morgan fingerprint density at radius 3 is 3.19 bits per heavy atom. The van der Waals surface area contributed by atoms with Crippen molar-refractivity contribution in [1.29, 1.82) is 0 Å². The van der Waals surface area contributed by atoms with E-state index >= 15 is 0 Å². The summed E-state index contributed by atoms with van der Waals surface area (Å²) in [5.41, 5.74) is 0. The van der Waals surface area contributed by atoms with E-state index in [0.29, 0.717) is 12.0 Å². The fourth-order valence-corrected chi connectivity index (χ4v) is 3.18. The standard InChI is InChI=1S/C13H21NOS/c1-14-13(11-4-2-8-15-10-11)7-6-12-5-3-9-16-12/h3,5,9,11,13-14H,2,4,6-8,10H2,1H3. The van der Waals surface area contributed by atoms with Crippen LogP contribution in [0.1, 0.15) is 24.1 Å². The van der Waals surface area contributed by atoms with Crippen LogP contribution in [0.4, 0.5) is 0 Å². The maximum Gasteiger partial charge on any atom is 0.0509 e. The summed E-state index contributed by atoms with van der Waals surface area (Å²) in [6.07, 6.45) is 4.96. The number of hydrogen-bond acceptors (Lipinski definition) is 3. The van der Waals surface area contributed by atoms with Gasteiger partial charge in [0.25, 0.3) is 0 Å². The topological polar surface area (TPSA) is 21.3 Å². The fraction of sp³-hybridized carbons (Fsp3) is 0.692. The predicted molar refractivity (Wildman–Crippen MR) is 69.0 cm³/mol. The summed E-state index contributed by atoms with van der Waals surface area (Å²) >= 11 is 1.86. The molecule has 1 N–H and O–H groups in total. The summed E-state index contributed by atoms with van der Waals surface area (Å²) in [5.74, 6) is 0.707. The molecule has 0 amide bonds. The van der Waals surface area contributed by atoms with Gasteiger partial charge in [-0.2, -0.15) is 0 Å². The van der Waals surface area contributed by atoms with Gasteiger partial charge in [-0.1, -0.05) is 6.07 Å². The molecule has 90 valence electrons. The van der Waals surface area contributed by atoms with Crippen LogP contribution in [0.3, 0.4) is 0 Å². The van der Waals surface area contributed by atoms with Gasteiger partial charge < -0.3 is 10.1 Å². The number of ether oxygens (including phenoxy) is 1. The molecule has 0 aromatic carbocycles. The molecule has 1 aromatic rings. The van der Waals surface area contributed by atoms with Crippen molar-refractivity contribution in [2.24, 2.45) is 5.92 Å². The van der Waals surface area contributed by atoms with E-state index in [0.717, 1.165) is 13.2 Å². The highest BCUT2D eigenvalue weighted by atomic mass is 32.1. The Balaban J connectivity index is 1.80. The van der Waals surface area contributed by atoms with Gasteiger partial charge >= 0.3 is 0 Å². The summed E-state index contributed by atoms with van der Waals surface area (Å²) < 4.78 is 5.56. The highest BCUT2D eigenvalue weighted by Crippen LogP contribution is 2.21. The molecule has 1 saturated heterocycles. The summed E-state index contributed by atoms with van der Waals surface area (Å²) in [4.78, 5) is 1.50. The maximum absolute atomic E-state index is 5.56. The lowest BCUT2D eigenvalue weighted by Gasteiger charge is -2.30. The van der Waals surface area contributed by atoms with Gasteiger partial charge in [0.1, 0.15) is 0 Å². The Bertz CT molecular complexity index is 280. The summed E-state index contributed by atoms with van der Waals surface area (Å²) in [7, 11) is 2.08. The molecule has 16 heavy (non-hydrogen) atoms. The zero-order chi connectivity index (χ0) is 11.2. The van der Waals surface area contributed by atoms with Crippen molar-refractivity contribution >= 4 is 11.3 Å². The van der Waals surface area contributed by atoms with Crippen LogP contribution < -0.4 is 5.32 Å². The van der Waals surface area contributed by atoms with Crippen molar-refractivity contribution in [2.45, 2.75) is 31.7 Å². The second-order valence-corrected chi connectivity index (χ2v) is 5.52. The lowest BCUT2D eigenvalue weighted by Crippen LogP contribution is -2.38. The smallest absolute Gasteiger partial charge is 0.0509 e. The Hall–Kier alpha value is -0.380. The van der Waals surface area contributed by atoms with Crippen LogP contribution in [0.2, 0.25) is 0 Å². The highest BCUT2D eigenvalue weighted by Gasteiger charge is 2.22. The van der Waals surface area contributed by atoms with Crippen molar-refractivity contribution in [3.63, 3.8) is 0 Å². The molecular formula is C13H21NOS. The van der Waals surface area contributed by atoms with E-state index in [1.165, 1.54) is 30.6 Å². The molecule has 0 radical (unpaired) electrons. The molecule has 2 atom stereocenters. The zero-order valence-corrected chi connectivity index (χ0v) is 10.8. The number of aryl methyl sites for hydroxylation is 1. The minimum atomic E-state index is 0.613. The molecule has 1 aromatic heterocycles. The van der Waals surface area contributed by atoms with Crippen LogP contribution in [0.15, 0.2) is 17.5 Å². The van der Waals surface area contributed by atoms with E-state index in [4.69, 9.17) is 4.74 Å². The minimum Gasteiger partial charge on any atom is -0.381 e. The van der Waals surface area contributed by atoms with Crippen molar-refractivity contribution in [3.05, 3.63) is 22.4 Å². The van der Waals surface area contributed by atoms with Crippen LogP contribution in [-0.4, -0.2) is 26.3 Å². The summed E-state index contributed by atoms with van der Waals surface area (Å²) in [6.45, 7) is 1.90. The van der Waals surface area contributed by atoms with Gasteiger partial charge in [0, 0.05) is 17.5 Å². The van der Waals surface area contributed by atoms with Crippen molar-refractivity contribution < 1.29 is 4.74 Å². The van der Waals surface area contributed by atoms with E-state index in [-0.39, 0.29) is 0 Å². The Kier molecular flexibility index (Phi) is 4.82. The molecule has 0 saturated carbocycles. The maximum atomic E-state index is 5.56. The Morgan fingerprint density at radius 2 is 2.56 bits per heavy atom. The van der Waals surface area contributed by atoms with E-state index in [1.807, 2.05) is 11.3 Å². The average Bonchev–Trinajstić information content (AvgIpc) is 2.84. The lowest BCUT2D eigenvalue weighted by molar-refractivity contribution is 0.0392. The van der Waals surface area contributed by atoms with Crippen LogP contribution in [0.25, 0.3) is 0 Å². The third-order valence-electron chi connectivity index (χ3n) is 3.42. The van der Waals surface area contributed by atoms with Crippen LogP contribution >= 0.6 is 11.3 Å². The molecule has 2 heterocycles. The first-order valence-corrected chi connectivity index (χ1v) is 7.05. The monoisotopic (exact) mass is 239 g/mol. The molecule has 1 aliphatic rings.